The quantitative estimate of drug-likeness (QED) is 0.875. The van der Waals surface area contributed by atoms with Crippen LogP contribution in [-0.4, -0.2) is 31.2 Å². The van der Waals surface area contributed by atoms with Gasteiger partial charge >= 0.3 is 0 Å². The average molecular weight is 326 g/mol. The molecule has 2 aromatic rings. The third-order valence-corrected chi connectivity index (χ3v) is 3.57. The number of hydrogen-bond acceptors (Lipinski definition) is 5. The first-order valence-corrected chi connectivity index (χ1v) is 7.54. The van der Waals surface area contributed by atoms with Crippen molar-refractivity contribution >= 4 is 17.7 Å². The topological polar surface area (TPSA) is 69.7 Å². The lowest BCUT2D eigenvalue weighted by Gasteiger charge is -2.20. The van der Waals surface area contributed by atoms with E-state index in [-0.39, 0.29) is 5.91 Å². The summed E-state index contributed by atoms with van der Waals surface area (Å²) in [5, 5.41) is 2.80. The van der Waals surface area contributed by atoms with Crippen molar-refractivity contribution in [1.29, 1.82) is 0 Å². The number of rotatable bonds is 4. The average Bonchev–Trinajstić information content (AvgIpc) is 2.61. The van der Waals surface area contributed by atoms with Gasteiger partial charge < -0.3 is 19.5 Å². The van der Waals surface area contributed by atoms with Crippen molar-refractivity contribution in [3.63, 3.8) is 0 Å². The number of hydrogen-bond donors (Lipinski definition) is 1. The van der Waals surface area contributed by atoms with Crippen LogP contribution in [0.5, 0.6) is 17.2 Å². The number of pyridine rings is 1. The van der Waals surface area contributed by atoms with Crippen LogP contribution in [0.25, 0.3) is 6.08 Å². The van der Waals surface area contributed by atoms with Crippen molar-refractivity contribution < 1.29 is 19.0 Å². The minimum absolute atomic E-state index is 0.236. The van der Waals surface area contributed by atoms with Crippen LogP contribution in [0.1, 0.15) is 11.1 Å². The molecular formula is C18H18N2O4. The molecule has 1 amide bonds. The van der Waals surface area contributed by atoms with E-state index in [9.17, 15) is 4.79 Å². The fourth-order valence-electron chi connectivity index (χ4n) is 2.33. The van der Waals surface area contributed by atoms with Crippen LogP contribution in [0.15, 0.2) is 36.7 Å². The SMILES string of the molecule is COc1cc(/C=C/C(=O)Nc2cnccc2C)cc2c1OCCO2. The number of nitrogens with zero attached hydrogens (tertiary/aromatic N) is 1. The van der Waals surface area contributed by atoms with Crippen LogP contribution in [0.2, 0.25) is 0 Å². The Hall–Kier alpha value is -3.02. The van der Waals surface area contributed by atoms with Crippen LogP contribution in [0.3, 0.4) is 0 Å². The van der Waals surface area contributed by atoms with Gasteiger partial charge in [0.05, 0.1) is 19.0 Å². The summed E-state index contributed by atoms with van der Waals surface area (Å²) >= 11 is 0. The Kier molecular flexibility index (Phi) is 4.65. The fourth-order valence-corrected chi connectivity index (χ4v) is 2.33. The van der Waals surface area contributed by atoms with Gasteiger partial charge in [0.15, 0.2) is 11.5 Å². The summed E-state index contributed by atoms with van der Waals surface area (Å²) in [7, 11) is 1.57. The Labute approximate surface area is 140 Å². The van der Waals surface area contributed by atoms with E-state index in [1.54, 1.807) is 31.6 Å². The van der Waals surface area contributed by atoms with Gasteiger partial charge in [-0.25, -0.2) is 0 Å². The zero-order valence-corrected chi connectivity index (χ0v) is 13.5. The number of aryl methyl sites for hydroxylation is 1. The second-order valence-electron chi connectivity index (χ2n) is 5.26. The highest BCUT2D eigenvalue weighted by Gasteiger charge is 2.17. The molecule has 0 bridgehead atoms. The minimum atomic E-state index is -0.236. The standard InChI is InChI=1S/C18H18N2O4/c1-12-5-6-19-11-14(12)20-17(21)4-3-13-9-15(22-2)18-16(10-13)23-7-8-24-18/h3-6,9-11H,7-8H2,1-2H3,(H,20,21)/b4-3+. The van der Waals surface area contributed by atoms with Crippen LogP contribution < -0.4 is 19.5 Å². The van der Waals surface area contributed by atoms with Crippen molar-refractivity contribution in [2.24, 2.45) is 0 Å². The molecule has 0 aliphatic carbocycles. The molecule has 0 saturated carbocycles. The van der Waals surface area contributed by atoms with Crippen LogP contribution in [-0.2, 0) is 4.79 Å². The van der Waals surface area contributed by atoms with Crippen LogP contribution >= 0.6 is 0 Å². The number of carbonyl (C=O) groups is 1. The van der Waals surface area contributed by atoms with Gasteiger partial charge in [-0.2, -0.15) is 0 Å². The molecule has 0 atom stereocenters. The first kappa shape index (κ1) is 15.9. The zero-order chi connectivity index (χ0) is 16.9. The number of ether oxygens (including phenoxy) is 3. The summed E-state index contributed by atoms with van der Waals surface area (Å²) in [5.41, 5.74) is 2.42. The molecule has 24 heavy (non-hydrogen) atoms. The summed E-state index contributed by atoms with van der Waals surface area (Å²) in [6.07, 6.45) is 6.45. The highest BCUT2D eigenvalue weighted by molar-refractivity contribution is 6.02. The molecule has 1 aromatic heterocycles. The smallest absolute Gasteiger partial charge is 0.248 e. The van der Waals surface area contributed by atoms with E-state index in [0.717, 1.165) is 11.1 Å². The molecule has 1 N–H and O–H groups in total. The molecule has 0 fully saturated rings. The lowest BCUT2D eigenvalue weighted by Crippen LogP contribution is -2.16. The molecule has 3 rings (SSSR count). The molecule has 0 unspecified atom stereocenters. The molecule has 2 heterocycles. The normalized spacial score (nSPS) is 12.9. The Balaban J connectivity index is 1.76. The summed E-state index contributed by atoms with van der Waals surface area (Å²) < 4.78 is 16.5. The van der Waals surface area contributed by atoms with Gasteiger partial charge in [0.2, 0.25) is 11.7 Å². The number of methoxy groups -OCH3 is 1. The number of aromatic nitrogens is 1. The summed E-state index contributed by atoms with van der Waals surface area (Å²) in [6.45, 7) is 2.89. The van der Waals surface area contributed by atoms with E-state index in [4.69, 9.17) is 14.2 Å². The first-order chi connectivity index (χ1) is 11.7. The van der Waals surface area contributed by atoms with E-state index in [0.29, 0.717) is 36.1 Å². The number of carbonyl (C=O) groups excluding carboxylic acids is 1. The Bertz CT molecular complexity index is 769. The largest absolute Gasteiger partial charge is 0.493 e. The van der Waals surface area contributed by atoms with E-state index < -0.39 is 0 Å². The fraction of sp³-hybridized carbons (Fsp3) is 0.222. The molecular weight excluding hydrogens is 308 g/mol. The molecule has 1 aromatic carbocycles. The maximum atomic E-state index is 12.1. The maximum absolute atomic E-state index is 12.1. The van der Waals surface area contributed by atoms with Gasteiger partial charge in [0, 0.05) is 12.3 Å². The van der Waals surface area contributed by atoms with Crippen molar-refractivity contribution in [3.05, 3.63) is 47.8 Å². The second kappa shape index (κ2) is 7.04. The van der Waals surface area contributed by atoms with E-state index in [1.165, 1.54) is 6.08 Å². The van der Waals surface area contributed by atoms with Gasteiger partial charge in [0.25, 0.3) is 0 Å². The summed E-state index contributed by atoms with van der Waals surface area (Å²) in [5.74, 6) is 1.55. The van der Waals surface area contributed by atoms with Gasteiger partial charge in [-0.3, -0.25) is 9.78 Å². The Morgan fingerprint density at radius 2 is 2.17 bits per heavy atom. The highest BCUT2D eigenvalue weighted by atomic mass is 16.6. The summed E-state index contributed by atoms with van der Waals surface area (Å²) in [6, 6.07) is 5.45. The molecule has 6 heteroatoms. The van der Waals surface area contributed by atoms with Crippen molar-refractivity contribution in [3.8, 4) is 17.2 Å². The molecule has 124 valence electrons. The lowest BCUT2D eigenvalue weighted by molar-refractivity contribution is -0.111. The van der Waals surface area contributed by atoms with E-state index in [2.05, 4.69) is 10.3 Å². The minimum Gasteiger partial charge on any atom is -0.493 e. The van der Waals surface area contributed by atoms with Crippen LogP contribution in [0.4, 0.5) is 5.69 Å². The molecule has 0 saturated heterocycles. The monoisotopic (exact) mass is 326 g/mol. The van der Waals surface area contributed by atoms with Crippen molar-refractivity contribution in [2.75, 3.05) is 25.6 Å². The predicted molar refractivity (Wildman–Crippen MR) is 90.6 cm³/mol. The molecule has 0 spiro atoms. The summed E-state index contributed by atoms with van der Waals surface area (Å²) in [4.78, 5) is 16.1. The maximum Gasteiger partial charge on any atom is 0.248 e. The Morgan fingerprint density at radius 3 is 2.96 bits per heavy atom. The third kappa shape index (κ3) is 3.48. The van der Waals surface area contributed by atoms with Crippen molar-refractivity contribution in [1.82, 2.24) is 4.98 Å². The van der Waals surface area contributed by atoms with Gasteiger partial charge in [-0.05, 0) is 42.3 Å². The molecule has 1 aliphatic rings. The molecule has 0 radical (unpaired) electrons. The number of nitrogens with one attached hydrogen (secondary N) is 1. The van der Waals surface area contributed by atoms with Gasteiger partial charge in [0.1, 0.15) is 13.2 Å². The number of amides is 1. The third-order valence-electron chi connectivity index (χ3n) is 3.57. The lowest BCUT2D eigenvalue weighted by atomic mass is 10.1. The highest BCUT2D eigenvalue weighted by Crippen LogP contribution is 2.40. The van der Waals surface area contributed by atoms with Crippen molar-refractivity contribution in [2.45, 2.75) is 6.92 Å². The van der Waals surface area contributed by atoms with E-state index >= 15 is 0 Å². The molecule has 1 aliphatic heterocycles. The molecule has 6 nitrogen and oxygen atoms in total. The first-order valence-electron chi connectivity index (χ1n) is 7.54. The Morgan fingerprint density at radius 1 is 1.33 bits per heavy atom. The predicted octanol–water partition coefficient (Wildman–Crippen LogP) is 2.82. The van der Waals surface area contributed by atoms with E-state index in [1.807, 2.05) is 19.1 Å². The number of benzene rings is 1. The van der Waals surface area contributed by atoms with Crippen LogP contribution in [0, 0.1) is 6.92 Å². The second-order valence-corrected chi connectivity index (χ2v) is 5.26. The number of fused-ring (bicyclic) bond motifs is 1. The van der Waals surface area contributed by atoms with Gasteiger partial charge in [-0.1, -0.05) is 0 Å². The van der Waals surface area contributed by atoms with Gasteiger partial charge in [-0.15, -0.1) is 0 Å². The number of anilines is 1. The zero-order valence-electron chi connectivity index (χ0n) is 13.5.